The molecule has 0 heterocycles. The van der Waals surface area contributed by atoms with Crippen molar-refractivity contribution in [3.63, 3.8) is 0 Å². The number of carbonyl (C=O) groups excluding carboxylic acids is 1. The van der Waals surface area contributed by atoms with E-state index >= 15 is 0 Å². The molecule has 5 heteroatoms. The molecule has 3 unspecified atom stereocenters. The third-order valence-corrected chi connectivity index (χ3v) is 3.73. The summed E-state index contributed by atoms with van der Waals surface area (Å²) in [6.45, 7) is 7.13. The summed E-state index contributed by atoms with van der Waals surface area (Å²) < 4.78 is 5.23. The van der Waals surface area contributed by atoms with Crippen molar-refractivity contribution >= 4 is 12.1 Å². The van der Waals surface area contributed by atoms with Gasteiger partial charge in [0, 0.05) is 12.0 Å². The first-order chi connectivity index (χ1) is 10.1. The van der Waals surface area contributed by atoms with Crippen LogP contribution in [-0.4, -0.2) is 28.8 Å². The van der Waals surface area contributed by atoms with Crippen molar-refractivity contribution in [2.24, 2.45) is 11.3 Å². The third-order valence-electron chi connectivity index (χ3n) is 3.73. The summed E-state index contributed by atoms with van der Waals surface area (Å²) in [4.78, 5) is 23.0. The average Bonchev–Trinajstić information content (AvgIpc) is 3.10. The number of ether oxygens (including phenoxy) is 1. The lowest BCUT2D eigenvalue weighted by Crippen LogP contribution is -2.34. The standard InChI is InChI=1S/C17H23NO4/c1-16(2,3)22-15(21)18-13-10-12(13)11-6-5-8-17(4,9-7-11)14(19)20/h5-9,12-13H,10H2,1-4H3,(H,18,21)(H,19,20). The van der Waals surface area contributed by atoms with E-state index in [1.54, 1.807) is 25.2 Å². The van der Waals surface area contributed by atoms with E-state index in [1.807, 2.05) is 32.9 Å². The topological polar surface area (TPSA) is 75.6 Å². The first-order valence-electron chi connectivity index (χ1n) is 7.42. The van der Waals surface area contributed by atoms with E-state index < -0.39 is 23.1 Å². The van der Waals surface area contributed by atoms with Gasteiger partial charge >= 0.3 is 12.1 Å². The van der Waals surface area contributed by atoms with Crippen LogP contribution >= 0.6 is 0 Å². The van der Waals surface area contributed by atoms with Crippen molar-refractivity contribution in [1.29, 1.82) is 0 Å². The van der Waals surface area contributed by atoms with Gasteiger partial charge in [0.2, 0.25) is 0 Å². The Kier molecular flexibility index (Phi) is 4.18. The number of rotatable bonds is 3. The number of carboxylic acids is 1. The zero-order chi connectivity index (χ0) is 16.5. The molecule has 0 aromatic rings. The summed E-state index contributed by atoms with van der Waals surface area (Å²) in [5.41, 5.74) is -0.467. The van der Waals surface area contributed by atoms with Crippen molar-refractivity contribution in [1.82, 2.24) is 5.32 Å². The van der Waals surface area contributed by atoms with Gasteiger partial charge in [0.25, 0.3) is 0 Å². The summed E-state index contributed by atoms with van der Waals surface area (Å²) in [5, 5.41) is 12.1. The fraction of sp³-hybridized carbons (Fsp3) is 0.529. The number of aliphatic carboxylic acids is 1. The summed E-state index contributed by atoms with van der Waals surface area (Å²) in [5.74, 6) is -0.668. The summed E-state index contributed by atoms with van der Waals surface area (Å²) in [6, 6.07) is 0.0494. The van der Waals surface area contributed by atoms with Crippen molar-refractivity contribution < 1.29 is 19.4 Å². The Morgan fingerprint density at radius 2 is 2.05 bits per heavy atom. The second-order valence-electron chi connectivity index (χ2n) is 7.04. The van der Waals surface area contributed by atoms with Gasteiger partial charge in [-0.15, -0.1) is 0 Å². The van der Waals surface area contributed by atoms with E-state index in [2.05, 4.69) is 5.32 Å². The van der Waals surface area contributed by atoms with Gasteiger partial charge in [-0.2, -0.15) is 0 Å². The minimum atomic E-state index is -0.985. The van der Waals surface area contributed by atoms with E-state index in [0.717, 1.165) is 12.0 Å². The van der Waals surface area contributed by atoms with E-state index in [4.69, 9.17) is 4.74 Å². The zero-order valence-electron chi connectivity index (χ0n) is 13.4. The highest BCUT2D eigenvalue weighted by Crippen LogP contribution is 2.40. The predicted octanol–water partition coefficient (Wildman–Crippen LogP) is 3.04. The molecule has 1 fully saturated rings. The van der Waals surface area contributed by atoms with Gasteiger partial charge in [-0.05, 0) is 39.7 Å². The molecular formula is C17H23NO4. The first-order valence-corrected chi connectivity index (χ1v) is 7.42. The van der Waals surface area contributed by atoms with Crippen LogP contribution in [0.2, 0.25) is 0 Å². The van der Waals surface area contributed by atoms with Crippen LogP contribution in [0.1, 0.15) is 34.1 Å². The SMILES string of the molecule is CC(C)(C)OC(=O)NC1CC1C1=CC=CC(C)(C(=O)O)C=C1. The van der Waals surface area contributed by atoms with Crippen LogP contribution in [0.25, 0.3) is 0 Å². The Balaban J connectivity index is 1.94. The molecule has 0 radical (unpaired) electrons. The molecule has 2 aliphatic carbocycles. The Morgan fingerprint density at radius 1 is 1.36 bits per heavy atom. The Labute approximate surface area is 130 Å². The number of alkyl carbamates (subject to hydrolysis) is 1. The van der Waals surface area contributed by atoms with Crippen LogP contribution in [0.4, 0.5) is 4.79 Å². The average molecular weight is 305 g/mol. The van der Waals surface area contributed by atoms with E-state index in [1.165, 1.54) is 0 Å². The largest absolute Gasteiger partial charge is 0.480 e. The molecule has 120 valence electrons. The highest BCUT2D eigenvalue weighted by atomic mass is 16.6. The van der Waals surface area contributed by atoms with Crippen LogP contribution in [0.15, 0.2) is 36.0 Å². The lowest BCUT2D eigenvalue weighted by atomic mass is 9.90. The first kappa shape index (κ1) is 16.3. The maximum atomic E-state index is 11.7. The molecule has 22 heavy (non-hydrogen) atoms. The molecule has 1 amide bonds. The van der Waals surface area contributed by atoms with Crippen LogP contribution in [0, 0.1) is 11.3 Å². The van der Waals surface area contributed by atoms with Crippen molar-refractivity contribution in [2.45, 2.75) is 45.8 Å². The monoisotopic (exact) mass is 305 g/mol. The minimum absolute atomic E-state index is 0.0494. The van der Waals surface area contributed by atoms with Crippen molar-refractivity contribution in [3.05, 3.63) is 36.0 Å². The Bertz CT molecular complexity index is 568. The van der Waals surface area contributed by atoms with E-state index in [0.29, 0.717) is 0 Å². The lowest BCUT2D eigenvalue weighted by Gasteiger charge is -2.19. The third kappa shape index (κ3) is 4.00. The molecular weight excluding hydrogens is 282 g/mol. The van der Waals surface area contributed by atoms with Gasteiger partial charge in [-0.1, -0.05) is 30.4 Å². The van der Waals surface area contributed by atoms with Gasteiger partial charge in [-0.3, -0.25) is 4.79 Å². The number of allylic oxidation sites excluding steroid dienone is 3. The molecule has 2 rings (SSSR count). The molecule has 0 spiro atoms. The van der Waals surface area contributed by atoms with Gasteiger partial charge < -0.3 is 15.2 Å². The zero-order valence-corrected chi connectivity index (χ0v) is 13.4. The summed E-state index contributed by atoms with van der Waals surface area (Å²) >= 11 is 0. The number of amides is 1. The molecule has 0 aromatic heterocycles. The number of hydrogen-bond acceptors (Lipinski definition) is 3. The molecule has 3 atom stereocenters. The number of hydrogen-bond donors (Lipinski definition) is 2. The number of nitrogens with one attached hydrogen (secondary N) is 1. The number of carbonyl (C=O) groups is 2. The smallest absolute Gasteiger partial charge is 0.407 e. The Hall–Kier alpha value is -2.04. The van der Waals surface area contributed by atoms with E-state index in [-0.39, 0.29) is 12.0 Å². The molecule has 0 aliphatic heterocycles. The minimum Gasteiger partial charge on any atom is -0.480 e. The van der Waals surface area contributed by atoms with Crippen molar-refractivity contribution in [3.8, 4) is 0 Å². The lowest BCUT2D eigenvalue weighted by molar-refractivity contribution is -0.142. The molecule has 1 saturated carbocycles. The van der Waals surface area contributed by atoms with Crippen LogP contribution in [0.5, 0.6) is 0 Å². The van der Waals surface area contributed by atoms with Gasteiger partial charge in [0.1, 0.15) is 11.0 Å². The second-order valence-corrected chi connectivity index (χ2v) is 7.04. The maximum Gasteiger partial charge on any atom is 0.407 e. The number of carboxylic acid groups (broad SMARTS) is 1. The van der Waals surface area contributed by atoms with Gasteiger partial charge in [-0.25, -0.2) is 4.79 Å². The van der Waals surface area contributed by atoms with Crippen LogP contribution < -0.4 is 5.32 Å². The highest BCUT2D eigenvalue weighted by Gasteiger charge is 2.41. The quantitative estimate of drug-likeness (QED) is 0.840. The van der Waals surface area contributed by atoms with Crippen LogP contribution in [0.3, 0.4) is 0 Å². The second kappa shape index (κ2) is 5.63. The molecule has 2 N–H and O–H groups in total. The van der Waals surface area contributed by atoms with Crippen molar-refractivity contribution in [2.75, 3.05) is 0 Å². The molecule has 0 aromatic carbocycles. The normalized spacial score (nSPS) is 30.3. The molecule has 0 bridgehead atoms. The summed E-state index contributed by atoms with van der Waals surface area (Å²) in [6.07, 6.45) is 9.30. The Morgan fingerprint density at radius 3 is 2.64 bits per heavy atom. The predicted molar refractivity (Wildman–Crippen MR) is 83.4 cm³/mol. The van der Waals surface area contributed by atoms with Gasteiger partial charge in [0.05, 0.1) is 0 Å². The fourth-order valence-electron chi connectivity index (χ4n) is 2.31. The molecule has 5 nitrogen and oxygen atoms in total. The fourth-order valence-corrected chi connectivity index (χ4v) is 2.31. The summed E-state index contributed by atoms with van der Waals surface area (Å²) in [7, 11) is 0. The van der Waals surface area contributed by atoms with E-state index in [9.17, 15) is 14.7 Å². The van der Waals surface area contributed by atoms with Crippen LogP contribution in [-0.2, 0) is 9.53 Å². The maximum absolute atomic E-state index is 11.7. The molecule has 0 saturated heterocycles. The highest BCUT2D eigenvalue weighted by molar-refractivity contribution is 5.79. The van der Waals surface area contributed by atoms with Gasteiger partial charge in [0.15, 0.2) is 0 Å². The molecule has 2 aliphatic rings.